The molecule has 0 aliphatic rings. The average molecular weight is 361 g/mol. The van der Waals surface area contributed by atoms with Crippen LogP contribution in [0.2, 0.25) is 0 Å². The van der Waals surface area contributed by atoms with Gasteiger partial charge in [0.15, 0.2) is 0 Å². The molecule has 132 valence electrons. The SMILES string of the molecule is CC(C)OC(=O)c1c(-c2ccccc2)csc1NC(=O)CCC(=O)O. The van der Waals surface area contributed by atoms with E-state index >= 15 is 0 Å². The van der Waals surface area contributed by atoms with Crippen LogP contribution in [0.3, 0.4) is 0 Å². The summed E-state index contributed by atoms with van der Waals surface area (Å²) in [5.74, 6) is -2.03. The number of amides is 1. The van der Waals surface area contributed by atoms with E-state index in [9.17, 15) is 14.4 Å². The van der Waals surface area contributed by atoms with Crippen molar-refractivity contribution in [2.24, 2.45) is 0 Å². The smallest absolute Gasteiger partial charge is 0.342 e. The van der Waals surface area contributed by atoms with Crippen LogP contribution in [0.4, 0.5) is 5.00 Å². The molecule has 0 aliphatic carbocycles. The van der Waals surface area contributed by atoms with Crippen molar-refractivity contribution < 1.29 is 24.2 Å². The largest absolute Gasteiger partial charge is 0.481 e. The molecular weight excluding hydrogens is 342 g/mol. The normalized spacial score (nSPS) is 10.5. The molecule has 6 nitrogen and oxygen atoms in total. The maximum atomic E-state index is 12.5. The topological polar surface area (TPSA) is 92.7 Å². The number of thiophene rings is 1. The summed E-state index contributed by atoms with van der Waals surface area (Å²) in [5, 5.41) is 13.4. The van der Waals surface area contributed by atoms with Gasteiger partial charge >= 0.3 is 11.9 Å². The summed E-state index contributed by atoms with van der Waals surface area (Å²) in [4.78, 5) is 35.0. The van der Waals surface area contributed by atoms with Gasteiger partial charge in [0.05, 0.1) is 12.5 Å². The molecule has 0 radical (unpaired) electrons. The Morgan fingerprint density at radius 1 is 1.16 bits per heavy atom. The number of benzene rings is 1. The molecule has 0 bridgehead atoms. The molecule has 2 N–H and O–H groups in total. The zero-order valence-electron chi connectivity index (χ0n) is 13.9. The number of rotatable bonds is 7. The minimum Gasteiger partial charge on any atom is -0.481 e. The third kappa shape index (κ3) is 5.15. The van der Waals surface area contributed by atoms with Gasteiger partial charge in [-0.05, 0) is 19.4 Å². The maximum Gasteiger partial charge on any atom is 0.342 e. The van der Waals surface area contributed by atoms with Crippen molar-refractivity contribution in [1.29, 1.82) is 0 Å². The van der Waals surface area contributed by atoms with Crippen LogP contribution in [0.5, 0.6) is 0 Å². The Kier molecular flexibility index (Phi) is 6.30. The molecule has 0 aliphatic heterocycles. The molecule has 1 aromatic carbocycles. The van der Waals surface area contributed by atoms with Crippen LogP contribution in [-0.4, -0.2) is 29.1 Å². The number of ether oxygens (including phenoxy) is 1. The van der Waals surface area contributed by atoms with Gasteiger partial charge in [0, 0.05) is 17.4 Å². The monoisotopic (exact) mass is 361 g/mol. The standard InChI is InChI=1S/C18H19NO5S/c1-11(2)24-18(23)16-13(12-6-4-3-5-7-12)10-25-17(16)19-14(20)8-9-15(21)22/h3-7,10-11H,8-9H2,1-2H3,(H,19,20)(H,21,22). The second kappa shape index (κ2) is 8.43. The predicted molar refractivity (Wildman–Crippen MR) is 95.8 cm³/mol. The predicted octanol–water partition coefficient (Wildman–Crippen LogP) is 3.78. The Balaban J connectivity index is 2.33. The van der Waals surface area contributed by atoms with E-state index in [1.165, 1.54) is 11.3 Å². The van der Waals surface area contributed by atoms with E-state index in [-0.39, 0.29) is 24.5 Å². The number of carboxylic acid groups (broad SMARTS) is 1. The summed E-state index contributed by atoms with van der Waals surface area (Å²) in [6.07, 6.45) is -0.729. The number of carbonyl (C=O) groups is 3. The number of aliphatic carboxylic acids is 1. The second-order valence-corrected chi connectivity index (χ2v) is 6.50. The van der Waals surface area contributed by atoms with Crippen LogP contribution in [0.15, 0.2) is 35.7 Å². The molecule has 25 heavy (non-hydrogen) atoms. The van der Waals surface area contributed by atoms with Crippen LogP contribution in [0, 0.1) is 0 Å². The first-order chi connectivity index (χ1) is 11.9. The van der Waals surface area contributed by atoms with E-state index in [2.05, 4.69) is 5.32 Å². The van der Waals surface area contributed by atoms with Crippen molar-refractivity contribution in [2.75, 3.05) is 5.32 Å². The number of carbonyl (C=O) groups excluding carboxylic acids is 2. The molecule has 1 amide bonds. The van der Waals surface area contributed by atoms with Crippen molar-refractivity contribution in [2.45, 2.75) is 32.8 Å². The van der Waals surface area contributed by atoms with Gasteiger partial charge in [-0.15, -0.1) is 11.3 Å². The summed E-state index contributed by atoms with van der Waals surface area (Å²) in [5.41, 5.74) is 1.79. The van der Waals surface area contributed by atoms with Gasteiger partial charge in [0.2, 0.25) is 5.91 Å². The van der Waals surface area contributed by atoms with Crippen molar-refractivity contribution in [3.05, 3.63) is 41.3 Å². The van der Waals surface area contributed by atoms with Crippen molar-refractivity contribution >= 4 is 34.2 Å². The molecule has 1 aromatic heterocycles. The molecule has 2 rings (SSSR count). The zero-order valence-corrected chi connectivity index (χ0v) is 14.8. The fourth-order valence-corrected chi connectivity index (χ4v) is 3.14. The number of anilines is 1. The molecule has 0 spiro atoms. The van der Waals surface area contributed by atoms with Gasteiger partial charge in [0.25, 0.3) is 0 Å². The van der Waals surface area contributed by atoms with E-state index < -0.39 is 17.8 Å². The van der Waals surface area contributed by atoms with E-state index in [1.54, 1.807) is 19.2 Å². The van der Waals surface area contributed by atoms with Gasteiger partial charge in [-0.2, -0.15) is 0 Å². The van der Waals surface area contributed by atoms with Crippen LogP contribution in [0.1, 0.15) is 37.0 Å². The molecular formula is C18H19NO5S. The summed E-state index contributed by atoms with van der Waals surface area (Å²) >= 11 is 1.21. The number of esters is 1. The fraction of sp³-hybridized carbons (Fsp3) is 0.278. The molecule has 2 aromatic rings. The molecule has 0 saturated heterocycles. The summed E-state index contributed by atoms with van der Waals surface area (Å²) in [6, 6.07) is 9.32. The summed E-state index contributed by atoms with van der Waals surface area (Å²) in [7, 11) is 0. The molecule has 0 saturated carbocycles. The Bertz CT molecular complexity index is 767. The zero-order chi connectivity index (χ0) is 18.4. The lowest BCUT2D eigenvalue weighted by Crippen LogP contribution is -2.17. The Morgan fingerprint density at radius 3 is 2.44 bits per heavy atom. The van der Waals surface area contributed by atoms with Gasteiger partial charge < -0.3 is 15.2 Å². The number of hydrogen-bond donors (Lipinski definition) is 2. The van der Waals surface area contributed by atoms with Crippen molar-refractivity contribution in [3.8, 4) is 11.1 Å². The van der Waals surface area contributed by atoms with Crippen molar-refractivity contribution in [1.82, 2.24) is 0 Å². The van der Waals surface area contributed by atoms with Crippen LogP contribution < -0.4 is 5.32 Å². The maximum absolute atomic E-state index is 12.5. The highest BCUT2D eigenvalue weighted by Crippen LogP contribution is 2.36. The molecule has 0 fully saturated rings. The Morgan fingerprint density at radius 2 is 1.84 bits per heavy atom. The first kappa shape index (κ1) is 18.7. The highest BCUT2D eigenvalue weighted by Gasteiger charge is 2.23. The highest BCUT2D eigenvalue weighted by molar-refractivity contribution is 7.15. The Labute approximate surface area is 149 Å². The van der Waals surface area contributed by atoms with Gasteiger partial charge in [-0.3, -0.25) is 9.59 Å². The van der Waals surface area contributed by atoms with Crippen LogP contribution in [0.25, 0.3) is 11.1 Å². The fourth-order valence-electron chi connectivity index (χ4n) is 2.17. The minimum atomic E-state index is -1.05. The number of nitrogens with one attached hydrogen (secondary N) is 1. The van der Waals surface area contributed by atoms with Gasteiger partial charge in [0.1, 0.15) is 10.6 Å². The minimum absolute atomic E-state index is 0.160. The number of hydrogen-bond acceptors (Lipinski definition) is 5. The van der Waals surface area contributed by atoms with Gasteiger partial charge in [-0.1, -0.05) is 30.3 Å². The van der Waals surface area contributed by atoms with Crippen molar-refractivity contribution in [3.63, 3.8) is 0 Å². The quantitative estimate of drug-likeness (QED) is 0.732. The van der Waals surface area contributed by atoms with E-state index in [0.717, 1.165) is 5.56 Å². The summed E-state index contributed by atoms with van der Waals surface area (Å²) < 4.78 is 5.30. The van der Waals surface area contributed by atoms with Gasteiger partial charge in [-0.25, -0.2) is 4.79 Å². The van der Waals surface area contributed by atoms with Crippen LogP contribution in [-0.2, 0) is 14.3 Å². The van der Waals surface area contributed by atoms with E-state index in [4.69, 9.17) is 9.84 Å². The van der Waals surface area contributed by atoms with E-state index in [0.29, 0.717) is 10.6 Å². The third-order valence-corrected chi connectivity index (χ3v) is 4.14. The molecule has 7 heteroatoms. The highest BCUT2D eigenvalue weighted by atomic mass is 32.1. The lowest BCUT2D eigenvalue weighted by molar-refractivity contribution is -0.138. The lowest BCUT2D eigenvalue weighted by Gasteiger charge is -2.11. The second-order valence-electron chi connectivity index (χ2n) is 5.62. The molecule has 1 heterocycles. The average Bonchev–Trinajstić information content (AvgIpc) is 2.96. The first-order valence-corrected chi connectivity index (χ1v) is 8.66. The van der Waals surface area contributed by atoms with Crippen LogP contribution >= 0.6 is 11.3 Å². The Hall–Kier alpha value is -2.67. The summed E-state index contributed by atoms with van der Waals surface area (Å²) in [6.45, 7) is 3.50. The number of carboxylic acids is 1. The third-order valence-electron chi connectivity index (χ3n) is 3.24. The first-order valence-electron chi connectivity index (χ1n) is 7.78. The molecule has 0 unspecified atom stereocenters. The van der Waals surface area contributed by atoms with E-state index in [1.807, 2.05) is 30.3 Å². The molecule has 0 atom stereocenters. The lowest BCUT2D eigenvalue weighted by atomic mass is 10.0.